The molecule has 3 aliphatic rings. The number of benzene rings is 9. The summed E-state index contributed by atoms with van der Waals surface area (Å²) in [7, 11) is 0. The molecule has 8 nitrogen and oxygen atoms in total. The van der Waals surface area contributed by atoms with Crippen molar-refractivity contribution in [3.8, 4) is 57.0 Å². The Balaban J connectivity index is 0.952. The number of anilines is 9. The Kier molecular flexibility index (Phi) is 8.04. The van der Waals surface area contributed by atoms with Gasteiger partial charge < -0.3 is 28.9 Å². The van der Waals surface area contributed by atoms with Gasteiger partial charge in [-0.15, -0.1) is 0 Å². The predicted molar refractivity (Wildman–Crippen MR) is 255 cm³/mol. The minimum absolute atomic E-state index is 0.774. The highest BCUT2D eigenvalue weighted by Crippen LogP contribution is 2.53. The molecule has 0 aliphatic carbocycles. The molecule has 0 atom stereocenters. The average molecular weight is 826 g/mol. The molecule has 10 aromatic rings. The van der Waals surface area contributed by atoms with Crippen molar-refractivity contribution in [3.05, 3.63) is 212 Å². The van der Waals surface area contributed by atoms with Gasteiger partial charge in [-0.3, -0.25) is 0 Å². The third-order valence-corrected chi connectivity index (χ3v) is 12.0. The molecule has 9 aromatic carbocycles. The van der Waals surface area contributed by atoms with Gasteiger partial charge in [0.05, 0.1) is 56.5 Å². The molecule has 0 radical (unpaired) electrons. The molecule has 0 fully saturated rings. The smallest absolute Gasteiger partial charge is 0.151 e. The summed E-state index contributed by atoms with van der Waals surface area (Å²) >= 11 is 0. The Bertz CT molecular complexity index is 3330. The first-order valence-electron chi connectivity index (χ1n) is 21.2. The lowest BCUT2D eigenvalue weighted by atomic mass is 10.0. The number of rotatable bonds is 5. The van der Waals surface area contributed by atoms with Crippen LogP contribution < -0.4 is 28.9 Å². The van der Waals surface area contributed by atoms with Gasteiger partial charge in [0.15, 0.2) is 34.5 Å². The van der Waals surface area contributed by atoms with Crippen molar-refractivity contribution in [2.24, 2.45) is 0 Å². The van der Waals surface area contributed by atoms with Gasteiger partial charge in [0, 0.05) is 28.2 Å². The maximum Gasteiger partial charge on any atom is 0.151 e. The minimum Gasteiger partial charge on any atom is -0.453 e. The van der Waals surface area contributed by atoms with E-state index in [4.69, 9.17) is 24.2 Å². The Morgan fingerprint density at radius 3 is 0.891 bits per heavy atom. The van der Waals surface area contributed by atoms with Crippen LogP contribution in [0, 0.1) is 0 Å². The molecule has 0 spiro atoms. The standard InChI is InChI=1S/C56H35N5O3/c1-7-19-49-43(13-1)59(44-14-2-8-20-50(44)62-49)38-29-25-36(26-30-38)55-56(37-27-31-39(32-28-37)60-45-15-3-9-21-51(45)63-52-22-10-4-16-46(52)60)58-42-35-40(33-34-41(42)57-55)61-47-17-5-11-23-53(47)64-54-24-12-6-18-48(54)61/h1-35H. The number of fused-ring (bicyclic) bond motifs is 7. The van der Waals surface area contributed by atoms with Crippen LogP contribution in [0.25, 0.3) is 33.5 Å². The lowest BCUT2D eigenvalue weighted by molar-refractivity contribution is 0.477. The highest BCUT2D eigenvalue weighted by molar-refractivity contribution is 5.94. The lowest BCUT2D eigenvalue weighted by Crippen LogP contribution is -2.15. The average Bonchev–Trinajstić information content (AvgIpc) is 3.36. The van der Waals surface area contributed by atoms with E-state index in [-0.39, 0.29) is 0 Å². The van der Waals surface area contributed by atoms with Crippen molar-refractivity contribution in [2.45, 2.75) is 0 Å². The van der Waals surface area contributed by atoms with Crippen molar-refractivity contribution in [2.75, 3.05) is 14.7 Å². The van der Waals surface area contributed by atoms with Gasteiger partial charge in [-0.25, -0.2) is 9.97 Å². The van der Waals surface area contributed by atoms with Crippen molar-refractivity contribution < 1.29 is 14.2 Å². The molecule has 0 amide bonds. The molecule has 3 aliphatic heterocycles. The molecule has 0 N–H and O–H groups in total. The molecular formula is C56H35N5O3. The minimum atomic E-state index is 0.774. The van der Waals surface area contributed by atoms with E-state index in [0.717, 1.165) is 119 Å². The first kappa shape index (κ1) is 35.8. The summed E-state index contributed by atoms with van der Waals surface area (Å²) in [6.45, 7) is 0. The summed E-state index contributed by atoms with van der Waals surface area (Å²) in [5.74, 6) is 4.82. The number of hydrogen-bond acceptors (Lipinski definition) is 8. The van der Waals surface area contributed by atoms with Crippen LogP contribution in [0.15, 0.2) is 212 Å². The first-order valence-corrected chi connectivity index (χ1v) is 21.2. The molecule has 13 rings (SSSR count). The lowest BCUT2D eigenvalue weighted by Gasteiger charge is -2.33. The Morgan fingerprint density at radius 2 is 0.547 bits per heavy atom. The first-order chi connectivity index (χ1) is 31.7. The van der Waals surface area contributed by atoms with Crippen LogP contribution in [0.5, 0.6) is 34.5 Å². The van der Waals surface area contributed by atoms with Gasteiger partial charge in [-0.1, -0.05) is 97.1 Å². The van der Waals surface area contributed by atoms with Crippen LogP contribution in [0.3, 0.4) is 0 Å². The molecule has 64 heavy (non-hydrogen) atoms. The van der Waals surface area contributed by atoms with E-state index < -0.39 is 0 Å². The van der Waals surface area contributed by atoms with Crippen molar-refractivity contribution >= 4 is 62.2 Å². The van der Waals surface area contributed by atoms with E-state index in [0.29, 0.717) is 0 Å². The Morgan fingerprint density at radius 1 is 0.266 bits per heavy atom. The van der Waals surface area contributed by atoms with Crippen LogP contribution in [0.2, 0.25) is 0 Å². The summed E-state index contributed by atoms with van der Waals surface area (Å²) in [4.78, 5) is 17.6. The van der Waals surface area contributed by atoms with Crippen LogP contribution >= 0.6 is 0 Å². The maximum absolute atomic E-state index is 6.34. The third-order valence-electron chi connectivity index (χ3n) is 12.0. The number of para-hydroxylation sites is 12. The zero-order chi connectivity index (χ0) is 42.1. The molecule has 0 unspecified atom stereocenters. The topological polar surface area (TPSA) is 63.2 Å². The normalized spacial score (nSPS) is 13.0. The fourth-order valence-corrected chi connectivity index (χ4v) is 9.07. The van der Waals surface area contributed by atoms with E-state index in [2.05, 4.69) is 118 Å². The summed E-state index contributed by atoms with van der Waals surface area (Å²) in [5, 5.41) is 0. The molecule has 0 saturated heterocycles. The summed E-state index contributed by atoms with van der Waals surface area (Å²) < 4.78 is 19.0. The predicted octanol–water partition coefficient (Wildman–Crippen LogP) is 15.7. The molecule has 0 bridgehead atoms. The van der Waals surface area contributed by atoms with Gasteiger partial charge in [-0.05, 0) is 115 Å². The molecule has 1 aromatic heterocycles. The summed E-state index contributed by atoms with van der Waals surface area (Å²) in [6, 6.07) is 72.3. The molecule has 302 valence electrons. The van der Waals surface area contributed by atoms with Gasteiger partial charge in [0.1, 0.15) is 0 Å². The largest absolute Gasteiger partial charge is 0.453 e. The summed E-state index contributed by atoms with van der Waals surface area (Å²) in [5.41, 5.74) is 13.8. The van der Waals surface area contributed by atoms with Crippen molar-refractivity contribution in [1.82, 2.24) is 9.97 Å². The monoisotopic (exact) mass is 825 g/mol. The summed E-state index contributed by atoms with van der Waals surface area (Å²) in [6.07, 6.45) is 0. The third kappa shape index (κ3) is 5.77. The van der Waals surface area contributed by atoms with Crippen LogP contribution in [0.4, 0.5) is 51.2 Å². The van der Waals surface area contributed by atoms with Gasteiger partial charge in [-0.2, -0.15) is 0 Å². The fourth-order valence-electron chi connectivity index (χ4n) is 9.07. The highest BCUT2D eigenvalue weighted by Gasteiger charge is 2.29. The SMILES string of the molecule is c1ccc2c(c1)Oc1ccccc1N2c1ccc(-c2nc3ccc(N4c5ccccc5Oc5ccccc54)cc3nc2-c2ccc(N3c4ccccc4Oc4ccccc43)cc2)cc1. The molecule has 4 heterocycles. The van der Waals surface area contributed by atoms with E-state index in [1.165, 1.54) is 0 Å². The maximum atomic E-state index is 6.34. The molecular weight excluding hydrogens is 791 g/mol. The van der Waals surface area contributed by atoms with E-state index in [9.17, 15) is 0 Å². The highest BCUT2D eigenvalue weighted by atomic mass is 16.5. The molecule has 0 saturated carbocycles. The van der Waals surface area contributed by atoms with E-state index >= 15 is 0 Å². The number of nitrogens with zero attached hydrogens (tertiary/aromatic N) is 5. The van der Waals surface area contributed by atoms with Crippen LogP contribution in [-0.2, 0) is 0 Å². The zero-order valence-corrected chi connectivity index (χ0v) is 34.2. The van der Waals surface area contributed by atoms with Crippen LogP contribution in [-0.4, -0.2) is 9.97 Å². The van der Waals surface area contributed by atoms with Gasteiger partial charge >= 0.3 is 0 Å². The number of hydrogen-bond donors (Lipinski definition) is 0. The number of ether oxygens (including phenoxy) is 3. The van der Waals surface area contributed by atoms with Crippen LogP contribution in [0.1, 0.15) is 0 Å². The van der Waals surface area contributed by atoms with E-state index in [1.807, 2.05) is 109 Å². The van der Waals surface area contributed by atoms with Gasteiger partial charge in [0.2, 0.25) is 0 Å². The second-order valence-electron chi connectivity index (χ2n) is 15.8. The Labute approximate surface area is 369 Å². The second-order valence-corrected chi connectivity index (χ2v) is 15.8. The number of aromatic nitrogens is 2. The van der Waals surface area contributed by atoms with Crippen molar-refractivity contribution in [3.63, 3.8) is 0 Å². The fraction of sp³-hybridized carbons (Fsp3) is 0. The van der Waals surface area contributed by atoms with Crippen molar-refractivity contribution in [1.29, 1.82) is 0 Å². The molecule has 8 heteroatoms. The zero-order valence-electron chi connectivity index (χ0n) is 34.2. The Hall–Kier alpha value is -8.88. The van der Waals surface area contributed by atoms with Gasteiger partial charge in [0.25, 0.3) is 0 Å². The quantitative estimate of drug-likeness (QED) is 0.170. The van der Waals surface area contributed by atoms with E-state index in [1.54, 1.807) is 0 Å². The second kappa shape index (κ2) is 14.4.